The first kappa shape index (κ1) is 34.4. The average Bonchev–Trinajstić information content (AvgIpc) is 3.45. The molecule has 4 saturated carbocycles. The summed E-state index contributed by atoms with van der Waals surface area (Å²) in [5.41, 5.74) is -2.47. The van der Waals surface area contributed by atoms with Crippen molar-refractivity contribution in [3.05, 3.63) is 35.5 Å². The van der Waals surface area contributed by atoms with Gasteiger partial charge in [0.2, 0.25) is 0 Å². The Hall–Kier alpha value is -3.44. The number of rotatable bonds is 4. The number of benzene rings is 1. The van der Waals surface area contributed by atoms with Crippen molar-refractivity contribution in [2.45, 2.75) is 123 Å². The Kier molecular flexibility index (Phi) is 8.51. The fourth-order valence-corrected chi connectivity index (χ4v) is 8.81. The van der Waals surface area contributed by atoms with Crippen LogP contribution in [0.2, 0.25) is 0 Å². The molecule has 48 heavy (non-hydrogen) atoms. The molecule has 4 bridgehead atoms. The van der Waals surface area contributed by atoms with Crippen LogP contribution in [-0.4, -0.2) is 73.1 Å². The molecule has 2 heterocycles. The third kappa shape index (κ3) is 6.47. The smallest absolute Gasteiger partial charge is 0.432 e. The van der Waals surface area contributed by atoms with Crippen LogP contribution in [0.1, 0.15) is 117 Å². The number of hydrogen-bond acceptors (Lipinski definition) is 9. The van der Waals surface area contributed by atoms with Gasteiger partial charge in [-0.05, 0) is 124 Å². The Labute approximate surface area is 282 Å². The van der Waals surface area contributed by atoms with Crippen LogP contribution in [-0.2, 0) is 19.0 Å². The molecule has 1 saturated heterocycles. The van der Waals surface area contributed by atoms with Gasteiger partial charge in [-0.25, -0.2) is 24.0 Å². The summed E-state index contributed by atoms with van der Waals surface area (Å²) in [6.07, 6.45) is 2.33. The number of hydrogen-bond donors (Lipinski definition) is 1. The number of para-hydroxylation sites is 1. The van der Waals surface area contributed by atoms with Crippen molar-refractivity contribution < 1.29 is 38.5 Å². The zero-order valence-corrected chi connectivity index (χ0v) is 29.7. The molecular weight excluding hydrogens is 614 g/mol. The third-order valence-electron chi connectivity index (χ3n) is 10.0. The minimum absolute atomic E-state index is 0.0418. The van der Waals surface area contributed by atoms with Gasteiger partial charge in [0.1, 0.15) is 22.5 Å². The second-order valence-electron chi connectivity index (χ2n) is 17.3. The van der Waals surface area contributed by atoms with Crippen LogP contribution in [0.3, 0.4) is 0 Å². The number of carbonyl (C=O) groups excluding carboxylic acids is 4. The summed E-state index contributed by atoms with van der Waals surface area (Å²) in [5.74, 6) is -0.556. The maximum Gasteiger partial charge on any atom is 0.432 e. The number of esters is 1. The Morgan fingerprint density at radius 2 is 1.29 bits per heavy atom. The molecule has 11 heteroatoms. The van der Waals surface area contributed by atoms with Crippen LogP contribution in [0.4, 0.5) is 9.59 Å². The molecule has 1 aromatic heterocycles. The van der Waals surface area contributed by atoms with Crippen LogP contribution in [0.25, 0.3) is 10.9 Å². The largest absolute Gasteiger partial charge is 0.455 e. The summed E-state index contributed by atoms with van der Waals surface area (Å²) in [6.45, 7) is 15.6. The summed E-state index contributed by atoms with van der Waals surface area (Å²) >= 11 is 0. The van der Waals surface area contributed by atoms with E-state index in [1.165, 1.54) is 6.42 Å². The molecule has 11 nitrogen and oxygen atoms in total. The number of carbonyl (C=O) groups is 4. The Bertz CT molecular complexity index is 1600. The Balaban J connectivity index is 1.46. The van der Waals surface area contributed by atoms with Crippen molar-refractivity contribution >= 4 is 35.0 Å². The molecule has 7 rings (SSSR count). The molecule has 2 aromatic rings. The lowest BCUT2D eigenvalue weighted by molar-refractivity contribution is -0.154. The molecule has 262 valence electrons. The highest BCUT2D eigenvalue weighted by molar-refractivity contribution is 6.05. The van der Waals surface area contributed by atoms with Gasteiger partial charge in [0.05, 0.1) is 17.5 Å². The van der Waals surface area contributed by atoms with E-state index in [0.29, 0.717) is 34.6 Å². The standard InChI is InChI=1S/C37H51N3O8/c1-35(2,3)46-32(43)29-27(24-12-10-11-13-26(24)39(29)33(44)47-36(4,5)6)30(41)25-19-38(40(31(25)42)34(45)48-37(7,8)9)28-22-15-20-14-21(17-22)18-23(28)16-20/h10-13,20-23,25,28,30,41H,14-19H2,1-9H3. The summed E-state index contributed by atoms with van der Waals surface area (Å²) in [7, 11) is 0. The van der Waals surface area contributed by atoms with E-state index in [1.54, 1.807) is 86.6 Å². The first-order valence-electron chi connectivity index (χ1n) is 17.3. The van der Waals surface area contributed by atoms with Gasteiger partial charge in [-0.2, -0.15) is 5.01 Å². The average molecular weight is 666 g/mol. The molecule has 0 radical (unpaired) electrons. The number of nitrogens with zero attached hydrogens (tertiary/aromatic N) is 3. The number of fused-ring (bicyclic) bond motifs is 1. The van der Waals surface area contributed by atoms with Gasteiger partial charge >= 0.3 is 18.2 Å². The van der Waals surface area contributed by atoms with Gasteiger partial charge in [-0.15, -0.1) is 0 Å². The number of amides is 2. The number of aliphatic hydroxyl groups excluding tert-OH is 1. The van der Waals surface area contributed by atoms with Gasteiger partial charge in [-0.1, -0.05) is 18.2 Å². The number of imide groups is 1. The summed E-state index contributed by atoms with van der Waals surface area (Å²) in [5, 5.41) is 15.7. The molecule has 2 unspecified atom stereocenters. The molecule has 2 atom stereocenters. The van der Waals surface area contributed by atoms with E-state index in [0.717, 1.165) is 35.3 Å². The zero-order chi connectivity index (χ0) is 35.1. The summed E-state index contributed by atoms with van der Waals surface area (Å²) in [6, 6.07) is 6.77. The molecule has 2 amide bonds. The fourth-order valence-electron chi connectivity index (χ4n) is 8.81. The summed E-state index contributed by atoms with van der Waals surface area (Å²) < 4.78 is 18.4. The molecule has 1 aliphatic heterocycles. The van der Waals surface area contributed by atoms with E-state index >= 15 is 0 Å². The maximum absolute atomic E-state index is 14.5. The van der Waals surface area contributed by atoms with Crippen LogP contribution < -0.4 is 0 Å². The van der Waals surface area contributed by atoms with Crippen molar-refractivity contribution in [3.8, 4) is 0 Å². The SMILES string of the molecule is CC(C)(C)OC(=O)c1c(C(O)C2CN(C3C4CC5CC(C4)CC3C5)N(C(=O)OC(C)(C)C)C2=O)c2ccccc2n1C(=O)OC(C)(C)C. The lowest BCUT2D eigenvalue weighted by atomic mass is 9.54. The highest BCUT2D eigenvalue weighted by atomic mass is 16.6. The van der Waals surface area contributed by atoms with E-state index in [1.807, 2.05) is 5.01 Å². The highest BCUT2D eigenvalue weighted by Crippen LogP contribution is 2.56. The second-order valence-corrected chi connectivity index (χ2v) is 17.3. The second kappa shape index (κ2) is 11.9. The third-order valence-corrected chi connectivity index (χ3v) is 10.0. The van der Waals surface area contributed by atoms with Crippen LogP contribution in [0, 0.1) is 29.6 Å². The lowest BCUT2D eigenvalue weighted by Crippen LogP contribution is -2.60. The molecule has 5 aliphatic rings. The normalized spacial score (nSPS) is 28.2. The molecule has 1 aromatic carbocycles. The maximum atomic E-state index is 14.5. The number of aromatic nitrogens is 1. The minimum Gasteiger partial charge on any atom is -0.455 e. The highest BCUT2D eigenvalue weighted by Gasteiger charge is 2.57. The fraction of sp³-hybridized carbons (Fsp3) is 0.676. The minimum atomic E-state index is -1.57. The molecular formula is C37H51N3O8. The predicted octanol–water partition coefficient (Wildman–Crippen LogP) is 6.85. The molecule has 5 fully saturated rings. The van der Waals surface area contributed by atoms with Crippen LogP contribution in [0.5, 0.6) is 0 Å². The summed E-state index contributed by atoms with van der Waals surface area (Å²) in [4.78, 5) is 56.1. The number of hydrazine groups is 1. The quantitative estimate of drug-likeness (QED) is 0.276. The van der Waals surface area contributed by atoms with E-state index in [-0.39, 0.29) is 23.8 Å². The van der Waals surface area contributed by atoms with Crippen molar-refractivity contribution in [1.29, 1.82) is 0 Å². The van der Waals surface area contributed by atoms with Gasteiger partial charge in [0, 0.05) is 23.5 Å². The lowest BCUT2D eigenvalue weighted by Gasteiger charge is -2.57. The van der Waals surface area contributed by atoms with Crippen molar-refractivity contribution in [2.24, 2.45) is 29.6 Å². The van der Waals surface area contributed by atoms with E-state index in [2.05, 4.69) is 0 Å². The van der Waals surface area contributed by atoms with Crippen molar-refractivity contribution in [3.63, 3.8) is 0 Å². The van der Waals surface area contributed by atoms with E-state index in [4.69, 9.17) is 14.2 Å². The van der Waals surface area contributed by atoms with Crippen LogP contribution in [0.15, 0.2) is 24.3 Å². The number of ether oxygens (including phenoxy) is 3. The van der Waals surface area contributed by atoms with Gasteiger partial charge < -0.3 is 19.3 Å². The predicted molar refractivity (Wildman–Crippen MR) is 178 cm³/mol. The monoisotopic (exact) mass is 665 g/mol. The van der Waals surface area contributed by atoms with Gasteiger partial charge in [-0.3, -0.25) is 4.79 Å². The first-order valence-corrected chi connectivity index (χ1v) is 17.3. The van der Waals surface area contributed by atoms with Crippen molar-refractivity contribution in [2.75, 3.05) is 6.54 Å². The Morgan fingerprint density at radius 3 is 1.83 bits per heavy atom. The molecule has 4 aliphatic carbocycles. The van der Waals surface area contributed by atoms with Gasteiger partial charge in [0.15, 0.2) is 0 Å². The topological polar surface area (TPSA) is 128 Å². The molecule has 0 spiro atoms. The first-order chi connectivity index (χ1) is 22.2. The number of aliphatic hydroxyl groups is 1. The van der Waals surface area contributed by atoms with E-state index in [9.17, 15) is 24.3 Å². The zero-order valence-electron chi connectivity index (χ0n) is 29.7. The van der Waals surface area contributed by atoms with Crippen LogP contribution >= 0.6 is 0 Å². The Morgan fingerprint density at radius 1 is 0.771 bits per heavy atom. The van der Waals surface area contributed by atoms with Crippen molar-refractivity contribution in [1.82, 2.24) is 14.6 Å². The molecule has 1 N–H and O–H groups in total. The van der Waals surface area contributed by atoms with E-state index < -0.39 is 52.9 Å². The van der Waals surface area contributed by atoms with Gasteiger partial charge in [0.25, 0.3) is 5.91 Å².